The first-order valence-electron chi connectivity index (χ1n) is 9.73. The number of ether oxygens (including phenoxy) is 3. The van der Waals surface area contributed by atoms with Crippen LogP contribution in [0.3, 0.4) is 0 Å². The van der Waals surface area contributed by atoms with Gasteiger partial charge in [-0.3, -0.25) is 4.79 Å². The molecule has 1 aliphatic rings. The molecule has 0 saturated heterocycles. The molecule has 0 atom stereocenters. The van der Waals surface area contributed by atoms with E-state index in [0.29, 0.717) is 58.2 Å². The monoisotopic (exact) mass is 415 g/mol. The summed E-state index contributed by atoms with van der Waals surface area (Å²) in [6.45, 7) is 0.496. The highest BCUT2D eigenvalue weighted by Gasteiger charge is 2.19. The Morgan fingerprint density at radius 1 is 0.935 bits per heavy atom. The van der Waals surface area contributed by atoms with Crippen molar-refractivity contribution < 1.29 is 28.2 Å². The van der Waals surface area contributed by atoms with Crippen molar-refractivity contribution in [1.82, 2.24) is 4.98 Å². The number of aromatic nitrogens is 1. The number of carbonyl (C=O) groups excluding carboxylic acids is 2. The van der Waals surface area contributed by atoms with Crippen LogP contribution >= 0.6 is 0 Å². The van der Waals surface area contributed by atoms with E-state index >= 15 is 0 Å². The third kappa shape index (κ3) is 3.73. The van der Waals surface area contributed by atoms with Crippen molar-refractivity contribution in [2.24, 2.45) is 0 Å². The van der Waals surface area contributed by atoms with Crippen molar-refractivity contribution in [3.8, 4) is 23.0 Å². The predicted molar refractivity (Wildman–Crippen MR) is 111 cm³/mol. The maximum atomic E-state index is 12.9. The summed E-state index contributed by atoms with van der Waals surface area (Å²) in [7, 11) is 0. The average molecular weight is 415 g/mol. The highest BCUT2D eigenvalue weighted by atomic mass is 16.6. The number of hydrogen-bond donors (Lipinski definition) is 0. The van der Waals surface area contributed by atoms with Gasteiger partial charge in [0, 0.05) is 10.9 Å². The van der Waals surface area contributed by atoms with E-state index in [0.717, 1.165) is 0 Å². The van der Waals surface area contributed by atoms with Crippen LogP contribution in [0.15, 0.2) is 71.3 Å². The molecule has 7 nitrogen and oxygen atoms in total. The number of pyridine rings is 1. The molecule has 0 spiro atoms. The molecule has 0 fully saturated rings. The van der Waals surface area contributed by atoms with Crippen LogP contribution in [0, 0.1) is 0 Å². The molecule has 3 heterocycles. The molecular formula is C24H17NO6. The molecule has 0 unspecified atom stereocenters. The summed E-state index contributed by atoms with van der Waals surface area (Å²) in [6, 6.07) is 17.3. The number of nitrogens with zero attached hydrogens (tertiary/aromatic N) is 1. The summed E-state index contributed by atoms with van der Waals surface area (Å²) < 4.78 is 21.7. The van der Waals surface area contributed by atoms with Gasteiger partial charge in [-0.05, 0) is 42.5 Å². The van der Waals surface area contributed by atoms with Crippen molar-refractivity contribution in [2.75, 3.05) is 19.8 Å². The average Bonchev–Trinajstić information content (AvgIpc) is 3.36. The van der Waals surface area contributed by atoms with Gasteiger partial charge in [0.05, 0.1) is 17.3 Å². The third-order valence-electron chi connectivity index (χ3n) is 4.91. The molecule has 0 amide bonds. The zero-order valence-electron chi connectivity index (χ0n) is 16.4. The van der Waals surface area contributed by atoms with E-state index in [4.69, 9.17) is 18.6 Å². The normalized spacial score (nSPS) is 12.5. The van der Waals surface area contributed by atoms with E-state index in [1.54, 1.807) is 48.5 Å². The molecule has 31 heavy (non-hydrogen) atoms. The Bertz CT molecular complexity index is 1280. The molecule has 7 heteroatoms. The quantitative estimate of drug-likeness (QED) is 0.355. The summed E-state index contributed by atoms with van der Waals surface area (Å²) in [5.74, 6) is 0.680. The van der Waals surface area contributed by atoms with E-state index in [-0.39, 0.29) is 5.78 Å². The number of ketones is 1. The minimum Gasteiger partial charge on any atom is -0.486 e. The van der Waals surface area contributed by atoms with Crippen molar-refractivity contribution >= 4 is 22.7 Å². The standard InChI is InChI=1S/C24H17NO6/c26-20(15-7-8-22-23(12-15)30-11-10-29-22)14-31-24(27)17-13-19(21-6-3-9-28-21)25-18-5-2-1-4-16(17)18/h1-9,12-13H,10-11,14H2. The summed E-state index contributed by atoms with van der Waals surface area (Å²) in [5, 5.41) is 0.634. The van der Waals surface area contributed by atoms with Gasteiger partial charge in [0.2, 0.25) is 0 Å². The number of Topliss-reactive ketones (excluding diaryl/α,β-unsaturated/α-hetero) is 1. The lowest BCUT2D eigenvalue weighted by molar-refractivity contribution is 0.0476. The summed E-state index contributed by atoms with van der Waals surface area (Å²) in [4.78, 5) is 30.0. The number of furan rings is 1. The van der Waals surface area contributed by atoms with Gasteiger partial charge in [-0.15, -0.1) is 0 Å². The third-order valence-corrected chi connectivity index (χ3v) is 4.91. The van der Waals surface area contributed by atoms with Crippen LogP contribution in [-0.4, -0.2) is 36.6 Å². The van der Waals surface area contributed by atoms with Gasteiger partial charge in [0.25, 0.3) is 0 Å². The lowest BCUT2D eigenvalue weighted by Crippen LogP contribution is -2.17. The van der Waals surface area contributed by atoms with Crippen molar-refractivity contribution in [3.63, 3.8) is 0 Å². The Morgan fingerprint density at radius 2 is 1.77 bits per heavy atom. The number of hydrogen-bond acceptors (Lipinski definition) is 7. The van der Waals surface area contributed by atoms with Crippen LogP contribution in [0.2, 0.25) is 0 Å². The molecule has 0 N–H and O–H groups in total. The van der Waals surface area contributed by atoms with E-state index in [9.17, 15) is 9.59 Å². The maximum Gasteiger partial charge on any atom is 0.339 e. The maximum absolute atomic E-state index is 12.9. The summed E-state index contributed by atoms with van der Waals surface area (Å²) in [5.41, 5.74) is 1.83. The van der Waals surface area contributed by atoms with Crippen molar-refractivity contribution in [3.05, 3.63) is 78.1 Å². The molecule has 5 rings (SSSR count). The van der Waals surface area contributed by atoms with Gasteiger partial charge in [0.15, 0.2) is 29.6 Å². The SMILES string of the molecule is O=C(COC(=O)c1cc(-c2ccco2)nc2ccccc12)c1ccc2c(c1)OCCO2. The van der Waals surface area contributed by atoms with E-state index in [1.165, 1.54) is 6.26 Å². The van der Waals surface area contributed by atoms with Gasteiger partial charge in [-0.1, -0.05) is 18.2 Å². The number of carbonyl (C=O) groups is 2. The summed E-state index contributed by atoms with van der Waals surface area (Å²) in [6.07, 6.45) is 1.54. The zero-order chi connectivity index (χ0) is 21.2. The Balaban J connectivity index is 1.38. The van der Waals surface area contributed by atoms with Crippen molar-refractivity contribution in [1.29, 1.82) is 0 Å². The highest BCUT2D eigenvalue weighted by molar-refractivity contribution is 6.06. The molecule has 0 saturated carbocycles. The van der Waals surface area contributed by atoms with Crippen LogP contribution in [0.4, 0.5) is 0 Å². The van der Waals surface area contributed by atoms with Crippen LogP contribution in [0.5, 0.6) is 11.5 Å². The second kappa shape index (κ2) is 7.95. The molecule has 154 valence electrons. The second-order valence-corrected chi connectivity index (χ2v) is 6.91. The summed E-state index contributed by atoms with van der Waals surface area (Å²) >= 11 is 0. The Kier molecular flexibility index (Phi) is 4.84. The van der Waals surface area contributed by atoms with Gasteiger partial charge in [-0.25, -0.2) is 9.78 Å². The number of esters is 1. The minimum atomic E-state index is -0.614. The zero-order valence-corrected chi connectivity index (χ0v) is 16.4. The topological polar surface area (TPSA) is 87.9 Å². The lowest BCUT2D eigenvalue weighted by Gasteiger charge is -2.18. The molecule has 2 aromatic carbocycles. The second-order valence-electron chi connectivity index (χ2n) is 6.91. The molecule has 4 aromatic rings. The van der Waals surface area contributed by atoms with Crippen LogP contribution in [0.25, 0.3) is 22.4 Å². The number of rotatable bonds is 5. The molecule has 0 radical (unpaired) electrons. The predicted octanol–water partition coefficient (Wildman–Crippen LogP) is 4.31. The Hall–Kier alpha value is -4.13. The van der Waals surface area contributed by atoms with E-state index in [1.807, 2.05) is 12.1 Å². The molecule has 2 aromatic heterocycles. The fourth-order valence-electron chi connectivity index (χ4n) is 3.40. The van der Waals surface area contributed by atoms with Crippen LogP contribution < -0.4 is 9.47 Å². The van der Waals surface area contributed by atoms with Gasteiger partial charge < -0.3 is 18.6 Å². The molecule has 0 aliphatic carbocycles. The minimum absolute atomic E-state index is 0.312. The first-order valence-corrected chi connectivity index (χ1v) is 9.73. The van der Waals surface area contributed by atoms with Crippen molar-refractivity contribution in [2.45, 2.75) is 0 Å². The van der Waals surface area contributed by atoms with Gasteiger partial charge >= 0.3 is 5.97 Å². The molecule has 0 bridgehead atoms. The van der Waals surface area contributed by atoms with E-state index in [2.05, 4.69) is 4.98 Å². The first kappa shape index (κ1) is 18.9. The van der Waals surface area contributed by atoms with Crippen LogP contribution in [-0.2, 0) is 4.74 Å². The fraction of sp³-hybridized carbons (Fsp3) is 0.125. The smallest absolute Gasteiger partial charge is 0.339 e. The molecule has 1 aliphatic heterocycles. The lowest BCUT2D eigenvalue weighted by atomic mass is 10.1. The number of benzene rings is 2. The fourth-order valence-corrected chi connectivity index (χ4v) is 3.40. The largest absolute Gasteiger partial charge is 0.486 e. The van der Waals surface area contributed by atoms with E-state index < -0.39 is 12.6 Å². The van der Waals surface area contributed by atoms with Gasteiger partial charge in [0.1, 0.15) is 18.9 Å². The number of para-hydroxylation sites is 1. The number of fused-ring (bicyclic) bond motifs is 2. The highest BCUT2D eigenvalue weighted by Crippen LogP contribution is 2.31. The Labute approximate surface area is 177 Å². The molecular weight excluding hydrogens is 398 g/mol. The Morgan fingerprint density at radius 3 is 2.61 bits per heavy atom. The first-order chi connectivity index (χ1) is 15.2. The van der Waals surface area contributed by atoms with Crippen LogP contribution in [0.1, 0.15) is 20.7 Å². The van der Waals surface area contributed by atoms with Gasteiger partial charge in [-0.2, -0.15) is 0 Å².